The molecule has 0 radical (unpaired) electrons. The van der Waals surface area contributed by atoms with Gasteiger partial charge in [0.05, 0.1) is 12.6 Å². The maximum atomic E-state index is 8.84. The second-order valence-electron chi connectivity index (χ2n) is 3.42. The van der Waals surface area contributed by atoms with Gasteiger partial charge in [0.1, 0.15) is 11.5 Å². The Bertz CT molecular complexity index is 257. The van der Waals surface area contributed by atoms with E-state index in [2.05, 4.69) is 5.32 Å². The third-order valence-electron chi connectivity index (χ3n) is 2.00. The van der Waals surface area contributed by atoms with Crippen LogP contribution in [-0.4, -0.2) is 17.8 Å². The van der Waals surface area contributed by atoms with Crippen LogP contribution in [0, 0.1) is 6.92 Å². The summed E-state index contributed by atoms with van der Waals surface area (Å²) in [7, 11) is 0. The van der Waals surface area contributed by atoms with Crippen molar-refractivity contribution < 1.29 is 9.52 Å². The molecule has 1 heterocycles. The highest BCUT2D eigenvalue weighted by Crippen LogP contribution is 2.15. The van der Waals surface area contributed by atoms with Gasteiger partial charge in [-0.05, 0) is 32.9 Å². The number of rotatable bonds is 4. The number of hydrogen-bond donors (Lipinski definition) is 2. The zero-order valence-corrected chi connectivity index (χ0v) is 8.37. The van der Waals surface area contributed by atoms with Crippen LogP contribution in [-0.2, 0) is 0 Å². The molecule has 0 aromatic carbocycles. The number of nitrogens with one attached hydrogen (secondary N) is 1. The standard InChI is InChI=1S/C10H17NO2/c1-7(6-12)11-9(3)10-5-4-8(2)13-10/h4-5,7,9,11-12H,6H2,1-3H3/t7-,9-/m1/s1. The van der Waals surface area contributed by atoms with Crippen molar-refractivity contribution >= 4 is 0 Å². The van der Waals surface area contributed by atoms with Gasteiger partial charge in [-0.2, -0.15) is 0 Å². The largest absolute Gasteiger partial charge is 0.465 e. The lowest BCUT2D eigenvalue weighted by atomic mass is 10.2. The Morgan fingerprint density at radius 1 is 1.46 bits per heavy atom. The minimum absolute atomic E-state index is 0.0976. The van der Waals surface area contributed by atoms with E-state index in [1.54, 1.807) is 0 Å². The van der Waals surface area contributed by atoms with Crippen LogP contribution in [0.4, 0.5) is 0 Å². The lowest BCUT2D eigenvalue weighted by Gasteiger charge is -2.15. The molecule has 0 aliphatic heterocycles. The first-order chi connectivity index (χ1) is 6.13. The second-order valence-corrected chi connectivity index (χ2v) is 3.42. The van der Waals surface area contributed by atoms with Crippen molar-refractivity contribution in [1.82, 2.24) is 5.32 Å². The minimum Gasteiger partial charge on any atom is -0.465 e. The van der Waals surface area contributed by atoms with Crippen LogP contribution in [0.3, 0.4) is 0 Å². The average Bonchev–Trinajstić information content (AvgIpc) is 2.51. The molecule has 0 saturated heterocycles. The zero-order chi connectivity index (χ0) is 9.84. The first kappa shape index (κ1) is 10.3. The molecule has 0 amide bonds. The molecule has 0 spiro atoms. The summed E-state index contributed by atoms with van der Waals surface area (Å²) in [5.41, 5.74) is 0. The highest BCUT2D eigenvalue weighted by atomic mass is 16.3. The maximum Gasteiger partial charge on any atom is 0.120 e. The Labute approximate surface area is 78.8 Å². The van der Waals surface area contributed by atoms with E-state index in [1.807, 2.05) is 32.9 Å². The highest BCUT2D eigenvalue weighted by Gasteiger charge is 2.11. The van der Waals surface area contributed by atoms with E-state index in [-0.39, 0.29) is 18.7 Å². The van der Waals surface area contributed by atoms with E-state index < -0.39 is 0 Å². The van der Waals surface area contributed by atoms with Crippen molar-refractivity contribution in [3.05, 3.63) is 23.7 Å². The lowest BCUT2D eigenvalue weighted by Crippen LogP contribution is -2.31. The van der Waals surface area contributed by atoms with Crippen LogP contribution >= 0.6 is 0 Å². The maximum absolute atomic E-state index is 8.84. The van der Waals surface area contributed by atoms with Crippen LogP contribution in [0.2, 0.25) is 0 Å². The molecule has 13 heavy (non-hydrogen) atoms. The lowest BCUT2D eigenvalue weighted by molar-refractivity contribution is 0.238. The number of aryl methyl sites for hydroxylation is 1. The van der Waals surface area contributed by atoms with Gasteiger partial charge in [-0.15, -0.1) is 0 Å². The van der Waals surface area contributed by atoms with E-state index >= 15 is 0 Å². The zero-order valence-electron chi connectivity index (χ0n) is 8.37. The summed E-state index contributed by atoms with van der Waals surface area (Å²) in [6.45, 7) is 6.02. The molecule has 0 aliphatic carbocycles. The Morgan fingerprint density at radius 2 is 2.15 bits per heavy atom. The molecule has 0 saturated carbocycles. The van der Waals surface area contributed by atoms with Gasteiger partial charge in [0, 0.05) is 6.04 Å². The van der Waals surface area contributed by atoms with Crippen molar-refractivity contribution in [2.45, 2.75) is 32.9 Å². The number of furan rings is 1. The third-order valence-corrected chi connectivity index (χ3v) is 2.00. The first-order valence-corrected chi connectivity index (χ1v) is 4.56. The van der Waals surface area contributed by atoms with E-state index in [4.69, 9.17) is 9.52 Å². The van der Waals surface area contributed by atoms with Crippen molar-refractivity contribution in [2.75, 3.05) is 6.61 Å². The topological polar surface area (TPSA) is 45.4 Å². The number of hydrogen-bond acceptors (Lipinski definition) is 3. The fourth-order valence-corrected chi connectivity index (χ4v) is 1.25. The van der Waals surface area contributed by atoms with E-state index in [9.17, 15) is 0 Å². The smallest absolute Gasteiger partial charge is 0.120 e. The number of aliphatic hydroxyl groups excluding tert-OH is 1. The predicted molar refractivity (Wildman–Crippen MR) is 51.5 cm³/mol. The van der Waals surface area contributed by atoms with Crippen molar-refractivity contribution in [3.8, 4) is 0 Å². The summed E-state index contributed by atoms with van der Waals surface area (Å²) >= 11 is 0. The highest BCUT2D eigenvalue weighted by molar-refractivity contribution is 5.08. The molecule has 3 heteroatoms. The fourth-order valence-electron chi connectivity index (χ4n) is 1.25. The summed E-state index contributed by atoms with van der Waals surface area (Å²) in [5.74, 6) is 1.83. The third kappa shape index (κ3) is 2.86. The molecule has 0 aliphatic rings. The van der Waals surface area contributed by atoms with Crippen molar-refractivity contribution in [1.29, 1.82) is 0 Å². The summed E-state index contributed by atoms with van der Waals surface area (Å²) in [5, 5.41) is 12.1. The van der Waals surface area contributed by atoms with Gasteiger partial charge < -0.3 is 14.8 Å². The van der Waals surface area contributed by atoms with Crippen LogP contribution in [0.15, 0.2) is 16.5 Å². The average molecular weight is 183 g/mol. The molecule has 1 aromatic heterocycles. The molecule has 0 bridgehead atoms. The molecular weight excluding hydrogens is 166 g/mol. The van der Waals surface area contributed by atoms with Gasteiger partial charge in [0.15, 0.2) is 0 Å². The predicted octanol–water partition coefficient (Wildman–Crippen LogP) is 1.62. The Morgan fingerprint density at radius 3 is 2.62 bits per heavy atom. The fraction of sp³-hybridized carbons (Fsp3) is 0.600. The van der Waals surface area contributed by atoms with Crippen molar-refractivity contribution in [2.24, 2.45) is 0 Å². The normalized spacial score (nSPS) is 15.7. The van der Waals surface area contributed by atoms with Crippen LogP contribution in [0.1, 0.15) is 31.4 Å². The Hall–Kier alpha value is -0.800. The minimum atomic E-state index is 0.0976. The van der Waals surface area contributed by atoms with Crippen LogP contribution in [0.25, 0.3) is 0 Å². The number of aliphatic hydroxyl groups is 1. The van der Waals surface area contributed by atoms with E-state index in [1.165, 1.54) is 0 Å². The van der Waals surface area contributed by atoms with Gasteiger partial charge >= 0.3 is 0 Å². The molecule has 2 atom stereocenters. The Balaban J connectivity index is 2.53. The van der Waals surface area contributed by atoms with E-state index in [0.717, 1.165) is 11.5 Å². The second kappa shape index (κ2) is 4.44. The molecule has 0 unspecified atom stereocenters. The summed E-state index contributed by atoms with van der Waals surface area (Å²) < 4.78 is 5.45. The Kier molecular flexibility index (Phi) is 3.51. The molecular formula is C10H17NO2. The molecule has 3 nitrogen and oxygen atoms in total. The first-order valence-electron chi connectivity index (χ1n) is 4.56. The molecule has 2 N–H and O–H groups in total. The molecule has 1 aromatic rings. The van der Waals surface area contributed by atoms with Gasteiger partial charge in [-0.25, -0.2) is 0 Å². The summed E-state index contributed by atoms with van der Waals surface area (Å²) in [6.07, 6.45) is 0. The van der Waals surface area contributed by atoms with Gasteiger partial charge in [-0.3, -0.25) is 0 Å². The van der Waals surface area contributed by atoms with Gasteiger partial charge in [-0.1, -0.05) is 0 Å². The summed E-state index contributed by atoms with van der Waals surface area (Å²) in [6, 6.07) is 4.14. The van der Waals surface area contributed by atoms with Crippen molar-refractivity contribution in [3.63, 3.8) is 0 Å². The SMILES string of the molecule is Cc1ccc([C@@H](C)N[C@H](C)CO)o1. The van der Waals surface area contributed by atoms with E-state index in [0.29, 0.717) is 0 Å². The molecule has 74 valence electrons. The molecule has 0 fully saturated rings. The summed E-state index contributed by atoms with van der Waals surface area (Å²) in [4.78, 5) is 0. The van der Waals surface area contributed by atoms with Gasteiger partial charge in [0.2, 0.25) is 0 Å². The molecule has 1 rings (SSSR count). The monoisotopic (exact) mass is 183 g/mol. The quantitative estimate of drug-likeness (QED) is 0.745. The van der Waals surface area contributed by atoms with Gasteiger partial charge in [0.25, 0.3) is 0 Å². The van der Waals surface area contributed by atoms with Crippen LogP contribution < -0.4 is 5.32 Å². The van der Waals surface area contributed by atoms with Crippen LogP contribution in [0.5, 0.6) is 0 Å².